The van der Waals surface area contributed by atoms with Gasteiger partial charge in [-0.3, -0.25) is 0 Å². The van der Waals surface area contributed by atoms with Gasteiger partial charge in [-0.05, 0) is 12.5 Å². The molecular weight excluding hydrogens is 174 g/mol. The fourth-order valence-corrected chi connectivity index (χ4v) is 1.68. The highest BCUT2D eigenvalue weighted by atomic mass is 14.8. The van der Waals surface area contributed by atoms with Gasteiger partial charge in [0.25, 0.3) is 0 Å². The van der Waals surface area contributed by atoms with Gasteiger partial charge in [0.1, 0.15) is 0 Å². The van der Waals surface area contributed by atoms with Crippen molar-refractivity contribution in [3.8, 4) is 0 Å². The zero-order valence-electron chi connectivity index (χ0n) is 8.25. The first-order chi connectivity index (χ1) is 6.74. The largest absolute Gasteiger partial charge is 0.397 e. The summed E-state index contributed by atoms with van der Waals surface area (Å²) in [7, 11) is 0. The van der Waals surface area contributed by atoms with E-state index in [0.29, 0.717) is 0 Å². The number of aromatic nitrogens is 1. The van der Waals surface area contributed by atoms with Gasteiger partial charge in [-0.1, -0.05) is 25.1 Å². The third kappa shape index (κ3) is 1.26. The van der Waals surface area contributed by atoms with Crippen LogP contribution in [0.2, 0.25) is 0 Å². The molecule has 0 bridgehead atoms. The second-order valence-corrected chi connectivity index (χ2v) is 3.51. The Balaban J connectivity index is 2.62. The fourth-order valence-electron chi connectivity index (χ4n) is 1.68. The van der Waals surface area contributed by atoms with Crippen molar-refractivity contribution in [3.05, 3.63) is 30.0 Å². The van der Waals surface area contributed by atoms with Crippen molar-refractivity contribution in [2.75, 3.05) is 5.73 Å². The van der Waals surface area contributed by atoms with Gasteiger partial charge in [0.15, 0.2) is 0 Å². The number of hydrogen-bond donors (Lipinski definition) is 3. The molecule has 0 radical (unpaired) electrons. The Morgan fingerprint density at radius 1 is 1.36 bits per heavy atom. The van der Waals surface area contributed by atoms with E-state index in [1.807, 2.05) is 24.3 Å². The molecule has 1 atom stereocenters. The summed E-state index contributed by atoms with van der Waals surface area (Å²) in [5.74, 6) is 0. The minimum absolute atomic E-state index is 0.00222. The molecule has 1 heterocycles. The molecule has 0 fully saturated rings. The standard InChI is InChI=1S/C11H15N3/c1-2-8(12)11-10(13)7-5-3-4-6-9(7)14-11/h3-6,8,14H,2,12-13H2,1H3/t8-/m1/s1. The predicted molar refractivity (Wildman–Crippen MR) is 59.9 cm³/mol. The number of nitrogens with one attached hydrogen (secondary N) is 1. The minimum Gasteiger partial charge on any atom is -0.397 e. The molecule has 0 saturated heterocycles. The fraction of sp³-hybridized carbons (Fsp3) is 0.273. The monoisotopic (exact) mass is 189 g/mol. The maximum Gasteiger partial charge on any atom is 0.0621 e. The molecule has 0 spiro atoms. The van der Waals surface area contributed by atoms with Gasteiger partial charge in [-0.25, -0.2) is 0 Å². The van der Waals surface area contributed by atoms with Crippen LogP contribution in [0.4, 0.5) is 5.69 Å². The average molecular weight is 189 g/mol. The summed E-state index contributed by atoms with van der Waals surface area (Å²) in [6.45, 7) is 2.05. The summed E-state index contributed by atoms with van der Waals surface area (Å²) in [5.41, 5.74) is 14.8. The van der Waals surface area contributed by atoms with Crippen molar-refractivity contribution in [2.24, 2.45) is 5.73 Å². The van der Waals surface area contributed by atoms with Crippen LogP contribution in [0.5, 0.6) is 0 Å². The number of nitrogens with two attached hydrogens (primary N) is 2. The number of para-hydroxylation sites is 1. The van der Waals surface area contributed by atoms with E-state index in [2.05, 4.69) is 11.9 Å². The van der Waals surface area contributed by atoms with Crippen LogP contribution >= 0.6 is 0 Å². The lowest BCUT2D eigenvalue weighted by atomic mass is 10.1. The molecule has 2 rings (SSSR count). The first kappa shape index (κ1) is 9.09. The highest BCUT2D eigenvalue weighted by Crippen LogP contribution is 2.28. The zero-order valence-corrected chi connectivity index (χ0v) is 8.25. The van der Waals surface area contributed by atoms with E-state index in [1.54, 1.807) is 0 Å². The Morgan fingerprint density at radius 2 is 2.07 bits per heavy atom. The van der Waals surface area contributed by atoms with Crippen molar-refractivity contribution < 1.29 is 0 Å². The molecular formula is C11H15N3. The van der Waals surface area contributed by atoms with Crippen LogP contribution < -0.4 is 11.5 Å². The Labute approximate surface area is 83.1 Å². The van der Waals surface area contributed by atoms with Gasteiger partial charge < -0.3 is 16.5 Å². The number of fused-ring (bicyclic) bond motifs is 1. The zero-order chi connectivity index (χ0) is 10.1. The Morgan fingerprint density at radius 3 is 2.71 bits per heavy atom. The quantitative estimate of drug-likeness (QED) is 0.677. The maximum atomic E-state index is 6.00. The Kier molecular flexibility index (Phi) is 2.17. The summed E-state index contributed by atoms with van der Waals surface area (Å²) < 4.78 is 0. The van der Waals surface area contributed by atoms with Crippen LogP contribution in [0.1, 0.15) is 25.1 Å². The van der Waals surface area contributed by atoms with Gasteiger partial charge in [-0.2, -0.15) is 0 Å². The lowest BCUT2D eigenvalue weighted by molar-refractivity contribution is 0.684. The highest BCUT2D eigenvalue weighted by Gasteiger charge is 2.12. The van der Waals surface area contributed by atoms with Crippen LogP contribution in [0.25, 0.3) is 10.9 Å². The number of aromatic amines is 1. The van der Waals surface area contributed by atoms with Gasteiger partial charge in [0, 0.05) is 16.9 Å². The molecule has 74 valence electrons. The van der Waals surface area contributed by atoms with E-state index in [4.69, 9.17) is 11.5 Å². The molecule has 1 aromatic heterocycles. The molecule has 2 aromatic rings. The molecule has 0 aliphatic carbocycles. The third-order valence-electron chi connectivity index (χ3n) is 2.59. The average Bonchev–Trinajstić information content (AvgIpc) is 2.56. The minimum atomic E-state index is 0.00222. The molecule has 0 saturated carbocycles. The molecule has 14 heavy (non-hydrogen) atoms. The van der Waals surface area contributed by atoms with Crippen molar-refractivity contribution in [2.45, 2.75) is 19.4 Å². The smallest absolute Gasteiger partial charge is 0.0621 e. The molecule has 3 nitrogen and oxygen atoms in total. The van der Waals surface area contributed by atoms with Gasteiger partial charge in [0.05, 0.1) is 11.4 Å². The summed E-state index contributed by atoms with van der Waals surface area (Å²) in [4.78, 5) is 3.26. The van der Waals surface area contributed by atoms with Crippen LogP contribution in [-0.2, 0) is 0 Å². The molecule has 0 amide bonds. The van der Waals surface area contributed by atoms with E-state index in [0.717, 1.165) is 28.7 Å². The van der Waals surface area contributed by atoms with E-state index >= 15 is 0 Å². The molecule has 0 aliphatic heterocycles. The summed E-state index contributed by atoms with van der Waals surface area (Å²) in [6.07, 6.45) is 0.886. The molecule has 1 aromatic carbocycles. The van der Waals surface area contributed by atoms with Gasteiger partial charge in [0.2, 0.25) is 0 Å². The van der Waals surface area contributed by atoms with E-state index in [-0.39, 0.29) is 6.04 Å². The van der Waals surface area contributed by atoms with Gasteiger partial charge >= 0.3 is 0 Å². The first-order valence-corrected chi connectivity index (χ1v) is 4.85. The number of hydrogen-bond acceptors (Lipinski definition) is 2. The van der Waals surface area contributed by atoms with Crippen LogP contribution in [-0.4, -0.2) is 4.98 Å². The normalized spacial score (nSPS) is 13.3. The lowest BCUT2D eigenvalue weighted by Crippen LogP contribution is -2.10. The van der Waals surface area contributed by atoms with E-state index < -0.39 is 0 Å². The van der Waals surface area contributed by atoms with Crippen molar-refractivity contribution in [3.63, 3.8) is 0 Å². The number of nitrogen functional groups attached to an aromatic ring is 1. The highest BCUT2D eigenvalue weighted by molar-refractivity contribution is 5.93. The molecule has 5 N–H and O–H groups in total. The van der Waals surface area contributed by atoms with Crippen molar-refractivity contribution >= 4 is 16.6 Å². The van der Waals surface area contributed by atoms with E-state index in [1.165, 1.54) is 0 Å². The second-order valence-electron chi connectivity index (χ2n) is 3.51. The third-order valence-corrected chi connectivity index (χ3v) is 2.59. The van der Waals surface area contributed by atoms with E-state index in [9.17, 15) is 0 Å². The lowest BCUT2D eigenvalue weighted by Gasteiger charge is -2.06. The Bertz CT molecular complexity index is 445. The predicted octanol–water partition coefficient (Wildman–Crippen LogP) is 2.16. The number of benzene rings is 1. The first-order valence-electron chi connectivity index (χ1n) is 4.85. The molecule has 0 aliphatic rings. The van der Waals surface area contributed by atoms with Crippen molar-refractivity contribution in [1.82, 2.24) is 4.98 Å². The Hall–Kier alpha value is -1.48. The molecule has 3 heteroatoms. The summed E-state index contributed by atoms with van der Waals surface area (Å²) in [5, 5.41) is 1.06. The number of anilines is 1. The molecule has 0 unspecified atom stereocenters. The van der Waals surface area contributed by atoms with Crippen molar-refractivity contribution in [1.29, 1.82) is 0 Å². The van der Waals surface area contributed by atoms with Crippen LogP contribution in [0.3, 0.4) is 0 Å². The number of rotatable bonds is 2. The summed E-state index contributed by atoms with van der Waals surface area (Å²) in [6, 6.07) is 7.99. The topological polar surface area (TPSA) is 67.8 Å². The number of H-pyrrole nitrogens is 1. The maximum absolute atomic E-state index is 6.00. The van der Waals surface area contributed by atoms with Crippen LogP contribution in [0.15, 0.2) is 24.3 Å². The SMILES string of the molecule is CC[C@@H](N)c1[nH]c2ccccc2c1N. The van der Waals surface area contributed by atoms with Crippen LogP contribution in [0, 0.1) is 0 Å². The summed E-state index contributed by atoms with van der Waals surface area (Å²) >= 11 is 0. The second kappa shape index (κ2) is 3.35. The van der Waals surface area contributed by atoms with Gasteiger partial charge in [-0.15, -0.1) is 0 Å².